The molecule has 0 saturated carbocycles. The number of anilines is 1. The molecule has 6 nitrogen and oxygen atoms in total. The maximum absolute atomic E-state index is 10.5. The zero-order valence-electron chi connectivity index (χ0n) is 7.51. The van der Waals surface area contributed by atoms with Gasteiger partial charge in [0.2, 0.25) is 0 Å². The molecule has 2 aromatic heterocycles. The van der Waals surface area contributed by atoms with Gasteiger partial charge in [-0.25, -0.2) is 9.50 Å². The van der Waals surface area contributed by atoms with Crippen molar-refractivity contribution in [1.29, 1.82) is 0 Å². The monoisotopic (exact) mass is 226 g/mol. The van der Waals surface area contributed by atoms with Crippen LogP contribution in [-0.4, -0.2) is 25.7 Å². The molecule has 0 aromatic carbocycles. The Morgan fingerprint density at radius 1 is 1.67 bits per heavy atom. The molecule has 0 atom stereocenters. The molecule has 0 bridgehead atoms. The van der Waals surface area contributed by atoms with Crippen LogP contribution in [0.5, 0.6) is 0 Å². The predicted octanol–water partition coefficient (Wildman–Crippen LogP) is 0.592. The third kappa shape index (κ3) is 1.71. The molecule has 0 aliphatic rings. The fourth-order valence-electron chi connectivity index (χ4n) is 1.23. The topological polar surface area (TPSA) is 93.5 Å². The summed E-state index contributed by atoms with van der Waals surface area (Å²) in [5, 5.41) is 12.9. The number of carboxylic acids is 1. The summed E-state index contributed by atoms with van der Waals surface area (Å²) in [5.41, 5.74) is 6.42. The number of rotatable bonds is 2. The van der Waals surface area contributed by atoms with E-state index >= 15 is 0 Å². The second-order valence-electron chi connectivity index (χ2n) is 2.98. The number of nitrogen functional groups attached to an aromatic ring is 1. The van der Waals surface area contributed by atoms with E-state index in [1.54, 1.807) is 0 Å². The Labute approximate surface area is 89.3 Å². The Balaban J connectivity index is 2.57. The zero-order valence-corrected chi connectivity index (χ0v) is 8.27. The highest BCUT2D eigenvalue weighted by atomic mass is 35.5. The smallest absolute Gasteiger partial charge is 0.308 e. The van der Waals surface area contributed by atoms with Crippen molar-refractivity contribution in [2.45, 2.75) is 6.42 Å². The largest absolute Gasteiger partial charge is 0.481 e. The van der Waals surface area contributed by atoms with Gasteiger partial charge >= 0.3 is 5.97 Å². The van der Waals surface area contributed by atoms with Crippen LogP contribution in [0, 0.1) is 0 Å². The van der Waals surface area contributed by atoms with Gasteiger partial charge in [0.25, 0.3) is 0 Å². The molecule has 0 spiro atoms. The Morgan fingerprint density at radius 3 is 3.07 bits per heavy atom. The molecule has 7 heteroatoms. The van der Waals surface area contributed by atoms with Gasteiger partial charge in [-0.3, -0.25) is 4.79 Å². The number of carboxylic acid groups (broad SMARTS) is 1. The molecule has 2 rings (SSSR count). The standard InChI is InChI=1S/C8H7ClN4O2/c9-5-2-11-13-3-4(1-6(14)15)7(10)12-8(5)13/h2-3H,1H2,(H2,10,12)(H,14,15). The molecule has 0 amide bonds. The molecule has 3 N–H and O–H groups in total. The Kier molecular flexibility index (Phi) is 2.20. The van der Waals surface area contributed by atoms with Crippen LogP contribution >= 0.6 is 11.6 Å². The van der Waals surface area contributed by atoms with E-state index in [-0.39, 0.29) is 12.2 Å². The van der Waals surface area contributed by atoms with Crippen LogP contribution in [0.4, 0.5) is 5.82 Å². The Hall–Kier alpha value is -1.82. The number of carbonyl (C=O) groups is 1. The van der Waals surface area contributed by atoms with Crippen molar-refractivity contribution >= 4 is 29.0 Å². The minimum Gasteiger partial charge on any atom is -0.481 e. The van der Waals surface area contributed by atoms with Gasteiger partial charge in [0, 0.05) is 11.8 Å². The van der Waals surface area contributed by atoms with Gasteiger partial charge in [-0.05, 0) is 0 Å². The van der Waals surface area contributed by atoms with E-state index in [1.807, 2.05) is 0 Å². The summed E-state index contributed by atoms with van der Waals surface area (Å²) in [5.74, 6) is -0.812. The highest BCUT2D eigenvalue weighted by Crippen LogP contribution is 2.18. The zero-order chi connectivity index (χ0) is 11.0. The highest BCUT2D eigenvalue weighted by Gasteiger charge is 2.10. The lowest BCUT2D eigenvalue weighted by atomic mass is 10.2. The van der Waals surface area contributed by atoms with Gasteiger partial charge in [-0.2, -0.15) is 5.10 Å². The predicted molar refractivity (Wildman–Crippen MR) is 53.7 cm³/mol. The molecule has 0 aliphatic heterocycles. The SMILES string of the molecule is Nc1nc2c(Cl)cnn2cc1CC(=O)O. The van der Waals surface area contributed by atoms with Gasteiger partial charge in [0.05, 0.1) is 12.6 Å². The van der Waals surface area contributed by atoms with E-state index in [4.69, 9.17) is 22.4 Å². The van der Waals surface area contributed by atoms with Gasteiger partial charge in [-0.1, -0.05) is 11.6 Å². The van der Waals surface area contributed by atoms with Crippen molar-refractivity contribution in [3.05, 3.63) is 23.0 Å². The summed E-state index contributed by atoms with van der Waals surface area (Å²) < 4.78 is 1.40. The van der Waals surface area contributed by atoms with E-state index in [9.17, 15) is 4.79 Å². The van der Waals surface area contributed by atoms with Crippen molar-refractivity contribution in [3.8, 4) is 0 Å². The third-order valence-corrected chi connectivity index (χ3v) is 2.17. The molecule has 0 fully saturated rings. The quantitative estimate of drug-likeness (QED) is 0.782. The van der Waals surface area contributed by atoms with E-state index in [0.717, 1.165) is 0 Å². The van der Waals surface area contributed by atoms with Crippen molar-refractivity contribution < 1.29 is 9.90 Å². The van der Waals surface area contributed by atoms with Gasteiger partial charge in [-0.15, -0.1) is 0 Å². The first kappa shape index (κ1) is 9.72. The van der Waals surface area contributed by atoms with Crippen molar-refractivity contribution in [3.63, 3.8) is 0 Å². The first-order valence-electron chi connectivity index (χ1n) is 4.08. The molecule has 15 heavy (non-hydrogen) atoms. The van der Waals surface area contributed by atoms with Crippen LogP contribution in [0.1, 0.15) is 5.56 Å². The molecular weight excluding hydrogens is 220 g/mol. The summed E-state index contributed by atoms with van der Waals surface area (Å²) in [7, 11) is 0. The van der Waals surface area contributed by atoms with Crippen LogP contribution in [-0.2, 0) is 11.2 Å². The lowest BCUT2D eigenvalue weighted by Crippen LogP contribution is -2.07. The van der Waals surface area contributed by atoms with Crippen LogP contribution in [0.2, 0.25) is 5.02 Å². The van der Waals surface area contributed by atoms with Gasteiger partial charge < -0.3 is 10.8 Å². The van der Waals surface area contributed by atoms with Gasteiger partial charge in [0.15, 0.2) is 5.65 Å². The third-order valence-electron chi connectivity index (χ3n) is 1.90. The number of fused-ring (bicyclic) bond motifs is 1. The van der Waals surface area contributed by atoms with E-state index in [0.29, 0.717) is 16.2 Å². The lowest BCUT2D eigenvalue weighted by Gasteiger charge is -2.02. The van der Waals surface area contributed by atoms with Crippen LogP contribution in [0.3, 0.4) is 0 Å². The Bertz CT molecular complexity index is 537. The molecule has 78 valence electrons. The Morgan fingerprint density at radius 2 is 2.40 bits per heavy atom. The average molecular weight is 227 g/mol. The molecule has 0 aliphatic carbocycles. The second kappa shape index (κ2) is 3.39. The number of nitrogens with zero attached hydrogens (tertiary/aromatic N) is 3. The number of aliphatic carboxylic acids is 1. The molecule has 0 radical (unpaired) electrons. The van der Waals surface area contributed by atoms with Gasteiger partial charge in [0.1, 0.15) is 10.8 Å². The number of hydrogen-bond acceptors (Lipinski definition) is 4. The fourth-order valence-corrected chi connectivity index (χ4v) is 1.41. The summed E-state index contributed by atoms with van der Waals surface area (Å²) in [6, 6.07) is 0. The fraction of sp³-hybridized carbons (Fsp3) is 0.125. The lowest BCUT2D eigenvalue weighted by molar-refractivity contribution is -0.136. The molecular formula is C8H7ClN4O2. The number of halogens is 1. The molecule has 0 unspecified atom stereocenters. The van der Waals surface area contributed by atoms with Crippen molar-refractivity contribution in [1.82, 2.24) is 14.6 Å². The highest BCUT2D eigenvalue weighted by molar-refractivity contribution is 6.33. The van der Waals surface area contributed by atoms with Crippen LogP contribution < -0.4 is 5.73 Å². The summed E-state index contributed by atoms with van der Waals surface area (Å²) in [4.78, 5) is 14.5. The van der Waals surface area contributed by atoms with E-state index in [2.05, 4.69) is 10.1 Å². The summed E-state index contributed by atoms with van der Waals surface area (Å²) in [6.45, 7) is 0. The van der Waals surface area contributed by atoms with E-state index in [1.165, 1.54) is 16.9 Å². The summed E-state index contributed by atoms with van der Waals surface area (Å²) >= 11 is 5.78. The first-order chi connectivity index (χ1) is 7.08. The molecule has 2 aromatic rings. The maximum Gasteiger partial charge on any atom is 0.308 e. The average Bonchev–Trinajstić information content (AvgIpc) is 2.48. The van der Waals surface area contributed by atoms with Crippen LogP contribution in [0.15, 0.2) is 12.4 Å². The van der Waals surface area contributed by atoms with E-state index < -0.39 is 5.97 Å². The number of aromatic nitrogens is 3. The second-order valence-corrected chi connectivity index (χ2v) is 3.39. The maximum atomic E-state index is 10.5. The van der Waals surface area contributed by atoms with Crippen molar-refractivity contribution in [2.24, 2.45) is 0 Å². The minimum absolute atomic E-state index is 0.160. The molecule has 2 heterocycles. The number of hydrogen-bond donors (Lipinski definition) is 2. The number of nitrogens with two attached hydrogens (primary N) is 1. The summed E-state index contributed by atoms with van der Waals surface area (Å²) in [6.07, 6.45) is 2.75. The first-order valence-corrected chi connectivity index (χ1v) is 4.46. The van der Waals surface area contributed by atoms with Crippen molar-refractivity contribution in [2.75, 3.05) is 5.73 Å². The normalized spacial score (nSPS) is 10.7. The van der Waals surface area contributed by atoms with Crippen LogP contribution in [0.25, 0.3) is 5.65 Å². The molecule has 0 saturated heterocycles. The minimum atomic E-state index is -0.971.